The van der Waals surface area contributed by atoms with Crippen LogP contribution in [-0.4, -0.2) is 4.43 Å². The van der Waals surface area contributed by atoms with Crippen molar-refractivity contribution in [1.82, 2.24) is 0 Å². The first-order chi connectivity index (χ1) is 2.81. The van der Waals surface area contributed by atoms with E-state index >= 15 is 0 Å². The van der Waals surface area contributed by atoms with Crippen molar-refractivity contribution >= 4 is 22.6 Å². The quantitative estimate of drug-likeness (QED) is 0.338. The van der Waals surface area contributed by atoms with E-state index in [1.54, 1.807) is 0 Å². The van der Waals surface area contributed by atoms with E-state index in [0.29, 0.717) is 5.92 Å². The number of terminal acetylenes is 1. The number of hydrogen-bond donors (Lipinski definition) is 0. The van der Waals surface area contributed by atoms with Crippen molar-refractivity contribution in [2.45, 2.75) is 6.92 Å². The molecule has 0 aromatic carbocycles. The van der Waals surface area contributed by atoms with Crippen LogP contribution in [0, 0.1) is 18.3 Å². The van der Waals surface area contributed by atoms with E-state index in [9.17, 15) is 0 Å². The van der Waals surface area contributed by atoms with Gasteiger partial charge < -0.3 is 0 Å². The van der Waals surface area contributed by atoms with Crippen molar-refractivity contribution in [3.05, 3.63) is 0 Å². The fourth-order valence-corrected chi connectivity index (χ4v) is 0.299. The molecule has 0 N–H and O–H groups in total. The van der Waals surface area contributed by atoms with Gasteiger partial charge in [-0.1, -0.05) is 29.5 Å². The molecule has 0 saturated heterocycles. The third-order valence-electron chi connectivity index (χ3n) is 0.516. The largest absolute Gasteiger partial charge is 0.120 e. The van der Waals surface area contributed by atoms with Crippen LogP contribution in [0.1, 0.15) is 6.92 Å². The first-order valence-corrected chi connectivity index (χ1v) is 3.36. The van der Waals surface area contributed by atoms with Crippen LogP contribution in [0.25, 0.3) is 0 Å². The van der Waals surface area contributed by atoms with Gasteiger partial charge in [-0.05, 0) is 0 Å². The average Bonchev–Trinajstić information content (AvgIpc) is 1.65. The maximum Gasteiger partial charge on any atom is 0.0261 e. The minimum Gasteiger partial charge on any atom is -0.120 e. The Kier molecular flexibility index (Phi) is 3.65. The molecule has 0 bridgehead atoms. The highest BCUT2D eigenvalue weighted by molar-refractivity contribution is 14.1. The van der Waals surface area contributed by atoms with Crippen molar-refractivity contribution < 1.29 is 0 Å². The third-order valence-corrected chi connectivity index (χ3v) is 1.84. The van der Waals surface area contributed by atoms with Crippen LogP contribution in [0.15, 0.2) is 0 Å². The van der Waals surface area contributed by atoms with Crippen molar-refractivity contribution in [3.63, 3.8) is 0 Å². The van der Waals surface area contributed by atoms with Crippen molar-refractivity contribution in [2.24, 2.45) is 5.92 Å². The van der Waals surface area contributed by atoms with Crippen molar-refractivity contribution in [1.29, 1.82) is 0 Å². The van der Waals surface area contributed by atoms with E-state index in [-0.39, 0.29) is 0 Å². The summed E-state index contributed by atoms with van der Waals surface area (Å²) in [4.78, 5) is 0. The van der Waals surface area contributed by atoms with Gasteiger partial charge in [0.15, 0.2) is 0 Å². The molecule has 34 valence electrons. The molecule has 0 radical (unpaired) electrons. The fraction of sp³-hybridized carbons (Fsp3) is 0.600. The zero-order valence-corrected chi connectivity index (χ0v) is 5.90. The Morgan fingerprint density at radius 1 is 2.00 bits per heavy atom. The van der Waals surface area contributed by atoms with Gasteiger partial charge in [0.05, 0.1) is 0 Å². The second-order valence-electron chi connectivity index (χ2n) is 1.22. The van der Waals surface area contributed by atoms with Gasteiger partial charge in [0.1, 0.15) is 0 Å². The van der Waals surface area contributed by atoms with Gasteiger partial charge in [-0.25, -0.2) is 0 Å². The molecule has 0 unspecified atom stereocenters. The lowest BCUT2D eigenvalue weighted by Crippen LogP contribution is -1.86. The summed E-state index contributed by atoms with van der Waals surface area (Å²) in [5, 5.41) is 0. The monoisotopic (exact) mass is 194 g/mol. The van der Waals surface area contributed by atoms with Gasteiger partial charge >= 0.3 is 0 Å². The molecular weight excluding hydrogens is 187 g/mol. The number of alkyl halides is 1. The molecule has 6 heavy (non-hydrogen) atoms. The molecular formula is C5H7I. The number of halogens is 1. The third kappa shape index (κ3) is 2.52. The maximum atomic E-state index is 5.03. The van der Waals surface area contributed by atoms with E-state index in [0.717, 1.165) is 4.43 Å². The van der Waals surface area contributed by atoms with Crippen LogP contribution in [0.4, 0.5) is 0 Å². The van der Waals surface area contributed by atoms with E-state index < -0.39 is 0 Å². The number of hydrogen-bond acceptors (Lipinski definition) is 0. The Hall–Kier alpha value is 0.290. The molecule has 0 rings (SSSR count). The minimum atomic E-state index is 0.450. The highest BCUT2D eigenvalue weighted by atomic mass is 127. The van der Waals surface area contributed by atoms with E-state index in [4.69, 9.17) is 6.42 Å². The summed E-state index contributed by atoms with van der Waals surface area (Å²) in [6.07, 6.45) is 5.03. The maximum absolute atomic E-state index is 5.03. The molecule has 0 heterocycles. The number of rotatable bonds is 1. The summed E-state index contributed by atoms with van der Waals surface area (Å²) < 4.78 is 1.06. The molecule has 0 aliphatic carbocycles. The van der Waals surface area contributed by atoms with Crippen molar-refractivity contribution in [2.75, 3.05) is 4.43 Å². The highest BCUT2D eigenvalue weighted by Gasteiger charge is 1.86. The molecule has 0 aromatic rings. The summed E-state index contributed by atoms with van der Waals surface area (Å²) in [5.74, 6) is 3.06. The lowest BCUT2D eigenvalue weighted by atomic mass is 10.2. The van der Waals surface area contributed by atoms with Gasteiger partial charge in [-0.3, -0.25) is 0 Å². The van der Waals surface area contributed by atoms with Crippen LogP contribution in [-0.2, 0) is 0 Å². The lowest BCUT2D eigenvalue weighted by Gasteiger charge is -1.89. The predicted octanol–water partition coefficient (Wildman–Crippen LogP) is 1.69. The second-order valence-corrected chi connectivity index (χ2v) is 2.10. The SMILES string of the molecule is C#C[C@H](C)CI. The summed E-state index contributed by atoms with van der Waals surface area (Å²) in [7, 11) is 0. The van der Waals surface area contributed by atoms with Gasteiger partial charge in [-0.15, -0.1) is 12.3 Å². The van der Waals surface area contributed by atoms with E-state index in [2.05, 4.69) is 28.5 Å². The van der Waals surface area contributed by atoms with Crippen LogP contribution in [0.5, 0.6) is 0 Å². The van der Waals surface area contributed by atoms with Crippen molar-refractivity contribution in [3.8, 4) is 12.3 Å². The van der Waals surface area contributed by atoms with Crippen LogP contribution < -0.4 is 0 Å². The Morgan fingerprint density at radius 2 is 2.50 bits per heavy atom. The predicted molar refractivity (Wildman–Crippen MR) is 36.9 cm³/mol. The highest BCUT2D eigenvalue weighted by Crippen LogP contribution is 1.95. The Morgan fingerprint density at radius 3 is 2.50 bits per heavy atom. The summed E-state index contributed by atoms with van der Waals surface area (Å²) >= 11 is 2.27. The minimum absolute atomic E-state index is 0.450. The first kappa shape index (κ1) is 6.29. The molecule has 0 nitrogen and oxygen atoms in total. The van der Waals surface area contributed by atoms with E-state index in [1.807, 2.05) is 6.92 Å². The van der Waals surface area contributed by atoms with Crippen LogP contribution >= 0.6 is 22.6 Å². The molecule has 1 heteroatoms. The van der Waals surface area contributed by atoms with Crippen LogP contribution in [0.3, 0.4) is 0 Å². The molecule has 0 amide bonds. The molecule has 0 spiro atoms. The van der Waals surface area contributed by atoms with Gasteiger partial charge in [-0.2, -0.15) is 0 Å². The van der Waals surface area contributed by atoms with E-state index in [1.165, 1.54) is 0 Å². The normalized spacial score (nSPS) is 12.8. The molecule has 0 saturated carbocycles. The average molecular weight is 194 g/mol. The molecule has 0 fully saturated rings. The smallest absolute Gasteiger partial charge is 0.0261 e. The molecule has 1 atom stereocenters. The summed E-state index contributed by atoms with van der Waals surface area (Å²) in [5.41, 5.74) is 0. The topological polar surface area (TPSA) is 0 Å². The van der Waals surface area contributed by atoms with Gasteiger partial charge in [0.25, 0.3) is 0 Å². The molecule has 0 aliphatic rings. The van der Waals surface area contributed by atoms with Crippen LogP contribution in [0.2, 0.25) is 0 Å². The zero-order valence-electron chi connectivity index (χ0n) is 3.74. The summed E-state index contributed by atoms with van der Waals surface area (Å²) in [6.45, 7) is 2.03. The van der Waals surface area contributed by atoms with Gasteiger partial charge in [0, 0.05) is 10.3 Å². The molecule has 0 aliphatic heterocycles. The first-order valence-electron chi connectivity index (χ1n) is 1.83. The Balaban J connectivity index is 3.04. The summed E-state index contributed by atoms with van der Waals surface area (Å²) in [6, 6.07) is 0. The fourth-order valence-electron chi connectivity index (χ4n) is 0.0445. The second kappa shape index (κ2) is 3.48. The zero-order chi connectivity index (χ0) is 4.99. The standard InChI is InChI=1S/C5H7I/c1-3-5(2)4-6/h1,5H,4H2,2H3/t5-/m0/s1. The Bertz CT molecular complexity index is 60.8. The Labute approximate surface area is 52.5 Å². The molecule has 0 aromatic heterocycles. The van der Waals surface area contributed by atoms with Gasteiger partial charge in [0.2, 0.25) is 0 Å². The lowest BCUT2D eigenvalue weighted by molar-refractivity contribution is 0.900.